The standard InChI is InChI=1S/C23H31N5O3S/c1-2-26-14-16-27(17-15-26)22-11-8-20(18-24-22)25-23(29)19-6-9-21(10-7-19)32(30,31)28-12-4-3-5-13-28/h6-11,18H,2-5,12-17H2,1H3,(H,25,29). The summed E-state index contributed by atoms with van der Waals surface area (Å²) in [6.45, 7) is 8.30. The third kappa shape index (κ3) is 5.11. The maximum atomic E-state index is 12.8. The van der Waals surface area contributed by atoms with Crippen LogP contribution >= 0.6 is 0 Å². The number of benzene rings is 1. The smallest absolute Gasteiger partial charge is 0.255 e. The SMILES string of the molecule is CCN1CCN(c2ccc(NC(=O)c3ccc(S(=O)(=O)N4CCCCC4)cc3)cn2)CC1. The second-order valence-corrected chi connectivity index (χ2v) is 10.2. The van der Waals surface area contributed by atoms with Gasteiger partial charge < -0.3 is 15.1 Å². The molecule has 0 saturated carbocycles. The maximum absolute atomic E-state index is 12.8. The molecule has 0 atom stereocenters. The van der Waals surface area contributed by atoms with Crippen LogP contribution in [-0.2, 0) is 10.0 Å². The third-order valence-electron chi connectivity index (χ3n) is 6.22. The number of piperidine rings is 1. The van der Waals surface area contributed by atoms with Crippen molar-refractivity contribution in [2.24, 2.45) is 0 Å². The lowest BCUT2D eigenvalue weighted by molar-refractivity contribution is 0.102. The topological polar surface area (TPSA) is 85.8 Å². The predicted octanol–water partition coefficient (Wildman–Crippen LogP) is 2.65. The van der Waals surface area contributed by atoms with Crippen molar-refractivity contribution >= 4 is 27.4 Å². The molecule has 9 heteroatoms. The molecule has 1 aromatic heterocycles. The van der Waals surface area contributed by atoms with Crippen LogP contribution in [-0.4, -0.2) is 74.3 Å². The molecule has 0 aliphatic carbocycles. The van der Waals surface area contributed by atoms with E-state index in [0.717, 1.165) is 57.8 Å². The van der Waals surface area contributed by atoms with E-state index in [-0.39, 0.29) is 10.8 Å². The number of nitrogens with zero attached hydrogens (tertiary/aromatic N) is 4. The van der Waals surface area contributed by atoms with Gasteiger partial charge in [-0.2, -0.15) is 4.31 Å². The number of pyridine rings is 1. The monoisotopic (exact) mass is 457 g/mol. The average molecular weight is 458 g/mol. The molecule has 2 aliphatic heterocycles. The van der Waals surface area contributed by atoms with Gasteiger partial charge in [-0.05, 0) is 55.8 Å². The van der Waals surface area contributed by atoms with Gasteiger partial charge in [-0.1, -0.05) is 13.3 Å². The minimum atomic E-state index is -3.50. The fraction of sp³-hybridized carbons (Fsp3) is 0.478. The van der Waals surface area contributed by atoms with Crippen molar-refractivity contribution in [2.45, 2.75) is 31.1 Å². The van der Waals surface area contributed by atoms with E-state index in [0.29, 0.717) is 24.3 Å². The van der Waals surface area contributed by atoms with Crippen molar-refractivity contribution in [2.75, 3.05) is 56.0 Å². The number of hydrogen-bond acceptors (Lipinski definition) is 6. The van der Waals surface area contributed by atoms with Gasteiger partial charge in [0, 0.05) is 44.8 Å². The third-order valence-corrected chi connectivity index (χ3v) is 8.13. The number of anilines is 2. The molecule has 2 aromatic rings. The van der Waals surface area contributed by atoms with Crippen LogP contribution in [0.25, 0.3) is 0 Å². The first-order valence-corrected chi connectivity index (χ1v) is 12.8. The van der Waals surface area contributed by atoms with E-state index in [1.807, 2.05) is 12.1 Å². The second kappa shape index (κ2) is 9.97. The summed E-state index contributed by atoms with van der Waals surface area (Å²) in [7, 11) is -3.50. The molecule has 0 spiro atoms. The summed E-state index contributed by atoms with van der Waals surface area (Å²) in [6.07, 6.45) is 4.51. The van der Waals surface area contributed by atoms with Crippen LogP contribution in [0.5, 0.6) is 0 Å². The molecular weight excluding hydrogens is 426 g/mol. The molecule has 0 bridgehead atoms. The van der Waals surface area contributed by atoms with E-state index in [1.54, 1.807) is 18.3 Å². The Hall–Kier alpha value is -2.49. The van der Waals surface area contributed by atoms with Gasteiger partial charge in [0.1, 0.15) is 5.82 Å². The van der Waals surface area contributed by atoms with E-state index in [4.69, 9.17) is 0 Å². The molecule has 8 nitrogen and oxygen atoms in total. The zero-order valence-electron chi connectivity index (χ0n) is 18.5. The number of amides is 1. The van der Waals surface area contributed by atoms with Crippen molar-refractivity contribution in [1.82, 2.24) is 14.2 Å². The van der Waals surface area contributed by atoms with Crippen LogP contribution in [0.15, 0.2) is 47.5 Å². The van der Waals surface area contributed by atoms with Crippen molar-refractivity contribution in [1.29, 1.82) is 0 Å². The van der Waals surface area contributed by atoms with Crippen molar-refractivity contribution in [3.05, 3.63) is 48.2 Å². The van der Waals surface area contributed by atoms with E-state index in [2.05, 4.69) is 27.0 Å². The van der Waals surface area contributed by atoms with Gasteiger partial charge in [0.2, 0.25) is 10.0 Å². The minimum Gasteiger partial charge on any atom is -0.354 e. The van der Waals surface area contributed by atoms with Gasteiger partial charge >= 0.3 is 0 Å². The number of nitrogens with one attached hydrogen (secondary N) is 1. The van der Waals surface area contributed by atoms with Gasteiger partial charge in [0.05, 0.1) is 16.8 Å². The summed E-state index contributed by atoms with van der Waals surface area (Å²) >= 11 is 0. The number of piperazine rings is 1. The van der Waals surface area contributed by atoms with E-state index < -0.39 is 10.0 Å². The number of hydrogen-bond donors (Lipinski definition) is 1. The Morgan fingerprint density at radius 1 is 0.938 bits per heavy atom. The highest BCUT2D eigenvalue weighted by molar-refractivity contribution is 7.89. The lowest BCUT2D eigenvalue weighted by atomic mass is 10.2. The molecule has 1 amide bonds. The van der Waals surface area contributed by atoms with Gasteiger partial charge in [0.15, 0.2) is 0 Å². The quantitative estimate of drug-likeness (QED) is 0.718. The average Bonchev–Trinajstić information content (AvgIpc) is 2.85. The zero-order chi connectivity index (χ0) is 22.6. The normalized spacial score (nSPS) is 18.5. The van der Waals surface area contributed by atoms with Gasteiger partial charge in [-0.25, -0.2) is 13.4 Å². The first-order valence-electron chi connectivity index (χ1n) is 11.3. The first kappa shape index (κ1) is 22.7. The van der Waals surface area contributed by atoms with E-state index in [9.17, 15) is 13.2 Å². The largest absolute Gasteiger partial charge is 0.354 e. The highest BCUT2D eigenvalue weighted by Crippen LogP contribution is 2.21. The molecule has 0 unspecified atom stereocenters. The van der Waals surface area contributed by atoms with E-state index >= 15 is 0 Å². The van der Waals surface area contributed by atoms with Crippen molar-refractivity contribution in [3.63, 3.8) is 0 Å². The van der Waals surface area contributed by atoms with Crippen LogP contribution in [0.2, 0.25) is 0 Å². The van der Waals surface area contributed by atoms with Crippen LogP contribution in [0.4, 0.5) is 11.5 Å². The summed E-state index contributed by atoms with van der Waals surface area (Å²) in [6, 6.07) is 9.90. The maximum Gasteiger partial charge on any atom is 0.255 e. The van der Waals surface area contributed by atoms with Gasteiger partial charge in [0.25, 0.3) is 5.91 Å². The molecule has 2 aliphatic rings. The van der Waals surface area contributed by atoms with Crippen LogP contribution < -0.4 is 10.2 Å². The molecular formula is C23H31N5O3S. The second-order valence-electron chi connectivity index (χ2n) is 8.27. The number of carbonyl (C=O) groups is 1. The molecule has 1 N–H and O–H groups in total. The predicted molar refractivity (Wildman–Crippen MR) is 126 cm³/mol. The highest BCUT2D eigenvalue weighted by Gasteiger charge is 2.26. The van der Waals surface area contributed by atoms with Gasteiger partial charge in [-0.15, -0.1) is 0 Å². The molecule has 0 radical (unpaired) electrons. The number of aromatic nitrogens is 1. The Bertz CT molecular complexity index is 1010. The molecule has 4 rings (SSSR count). The zero-order valence-corrected chi connectivity index (χ0v) is 19.4. The highest BCUT2D eigenvalue weighted by atomic mass is 32.2. The lowest BCUT2D eigenvalue weighted by Crippen LogP contribution is -2.46. The Kier molecular flexibility index (Phi) is 7.07. The lowest BCUT2D eigenvalue weighted by Gasteiger charge is -2.34. The minimum absolute atomic E-state index is 0.227. The Labute approximate surface area is 190 Å². The number of sulfonamides is 1. The fourth-order valence-corrected chi connectivity index (χ4v) is 5.69. The summed E-state index contributed by atoms with van der Waals surface area (Å²) in [5.74, 6) is 0.615. The number of rotatable bonds is 6. The Balaban J connectivity index is 1.36. The van der Waals surface area contributed by atoms with Crippen LogP contribution in [0, 0.1) is 0 Å². The summed E-state index contributed by atoms with van der Waals surface area (Å²) < 4.78 is 27.1. The van der Waals surface area contributed by atoms with Crippen LogP contribution in [0.3, 0.4) is 0 Å². The molecule has 32 heavy (non-hydrogen) atoms. The fourth-order valence-electron chi connectivity index (χ4n) is 4.18. The Morgan fingerprint density at radius 3 is 2.22 bits per heavy atom. The van der Waals surface area contributed by atoms with Gasteiger partial charge in [-0.3, -0.25) is 4.79 Å². The first-order chi connectivity index (χ1) is 15.5. The summed E-state index contributed by atoms with van der Waals surface area (Å²) in [5.41, 5.74) is 1.01. The molecule has 1 aromatic carbocycles. The summed E-state index contributed by atoms with van der Waals surface area (Å²) in [4.78, 5) is 22.0. The number of likely N-dealkylation sites (N-methyl/N-ethyl adjacent to an activating group) is 1. The molecule has 3 heterocycles. The van der Waals surface area contributed by atoms with Crippen LogP contribution in [0.1, 0.15) is 36.5 Å². The molecule has 2 fully saturated rings. The molecule has 2 saturated heterocycles. The van der Waals surface area contributed by atoms with Crippen molar-refractivity contribution in [3.8, 4) is 0 Å². The summed E-state index contributed by atoms with van der Waals surface area (Å²) in [5, 5.41) is 2.84. The molecule has 172 valence electrons. The van der Waals surface area contributed by atoms with E-state index in [1.165, 1.54) is 16.4 Å². The Morgan fingerprint density at radius 2 is 1.62 bits per heavy atom. The van der Waals surface area contributed by atoms with Crippen molar-refractivity contribution < 1.29 is 13.2 Å². The number of carbonyl (C=O) groups excluding carboxylic acids is 1.